The normalized spacial score (nSPS) is 11.1. The number of alkyl carbamates (subject to hydrolysis) is 1. The Bertz CT molecular complexity index is 1560. The summed E-state index contributed by atoms with van der Waals surface area (Å²) in [5.41, 5.74) is 2.32. The number of carboxylic acid groups (broad SMARTS) is 1. The number of nitrogens with one attached hydrogen (secondary N) is 3. The van der Waals surface area contributed by atoms with Crippen molar-refractivity contribution in [1.29, 1.82) is 0 Å². The second kappa shape index (κ2) is 16.9. The van der Waals surface area contributed by atoms with Gasteiger partial charge in [0, 0.05) is 24.2 Å². The number of carbonyl (C=O) groups is 4. The summed E-state index contributed by atoms with van der Waals surface area (Å²) < 4.78 is 11.0. The Kier molecular flexibility index (Phi) is 12.1. The molecule has 4 aromatic carbocycles. The number of rotatable bonds is 15. The zero-order valence-corrected chi connectivity index (χ0v) is 24.6. The minimum atomic E-state index is -0.951. The van der Waals surface area contributed by atoms with Gasteiger partial charge in [-0.2, -0.15) is 0 Å². The highest BCUT2D eigenvalue weighted by Crippen LogP contribution is 2.22. The summed E-state index contributed by atoms with van der Waals surface area (Å²) in [5.74, 6) is -0.670. The summed E-state index contributed by atoms with van der Waals surface area (Å²) in [7, 11) is 0. The molecule has 0 bridgehead atoms. The maximum absolute atomic E-state index is 13.4. The average molecular weight is 610 g/mol. The van der Waals surface area contributed by atoms with E-state index in [1.54, 1.807) is 48.5 Å². The van der Waals surface area contributed by atoms with Gasteiger partial charge < -0.3 is 30.5 Å². The van der Waals surface area contributed by atoms with Gasteiger partial charge in [0.25, 0.3) is 5.91 Å². The molecular formula is C35H35N3O7. The second-order valence-corrected chi connectivity index (χ2v) is 10.1. The lowest BCUT2D eigenvalue weighted by molar-refractivity contribution is -0.137. The molecule has 0 spiro atoms. The van der Waals surface area contributed by atoms with Gasteiger partial charge in [-0.05, 0) is 72.9 Å². The van der Waals surface area contributed by atoms with Gasteiger partial charge in [0.2, 0.25) is 5.91 Å². The van der Waals surface area contributed by atoms with E-state index in [4.69, 9.17) is 14.6 Å². The van der Waals surface area contributed by atoms with E-state index in [0.29, 0.717) is 34.7 Å². The molecule has 232 valence electrons. The average Bonchev–Trinajstić information content (AvgIpc) is 3.06. The zero-order valence-electron chi connectivity index (χ0n) is 24.6. The van der Waals surface area contributed by atoms with Crippen molar-refractivity contribution >= 4 is 29.6 Å². The molecule has 0 aliphatic rings. The van der Waals surface area contributed by atoms with E-state index in [9.17, 15) is 19.2 Å². The molecule has 4 N–H and O–H groups in total. The number of hydrogen-bond donors (Lipinski definition) is 4. The number of anilines is 1. The van der Waals surface area contributed by atoms with Crippen LogP contribution in [0, 0.1) is 0 Å². The predicted molar refractivity (Wildman–Crippen MR) is 169 cm³/mol. The molecule has 0 heterocycles. The van der Waals surface area contributed by atoms with E-state index in [2.05, 4.69) is 16.0 Å². The molecule has 0 fully saturated rings. The van der Waals surface area contributed by atoms with Crippen molar-refractivity contribution in [3.63, 3.8) is 0 Å². The highest BCUT2D eigenvalue weighted by Gasteiger charge is 2.22. The van der Waals surface area contributed by atoms with Crippen LogP contribution in [0.1, 0.15) is 40.7 Å². The highest BCUT2D eigenvalue weighted by molar-refractivity contribution is 6.01. The molecule has 4 rings (SSSR count). The Morgan fingerprint density at radius 2 is 1.40 bits per heavy atom. The van der Waals surface area contributed by atoms with Crippen molar-refractivity contribution in [2.45, 2.75) is 38.3 Å². The van der Waals surface area contributed by atoms with E-state index in [-0.39, 0.29) is 32.4 Å². The van der Waals surface area contributed by atoms with Crippen LogP contribution < -0.4 is 20.7 Å². The van der Waals surface area contributed by atoms with Crippen LogP contribution in [0.3, 0.4) is 0 Å². The van der Waals surface area contributed by atoms with Crippen molar-refractivity contribution in [3.8, 4) is 11.5 Å². The van der Waals surface area contributed by atoms with Gasteiger partial charge in [-0.25, -0.2) is 4.79 Å². The van der Waals surface area contributed by atoms with Crippen molar-refractivity contribution in [1.82, 2.24) is 10.6 Å². The fraction of sp³-hybridized carbons (Fsp3) is 0.200. The number of aryl methyl sites for hydroxylation is 1. The van der Waals surface area contributed by atoms with Gasteiger partial charge in [-0.15, -0.1) is 0 Å². The molecule has 0 radical (unpaired) electrons. The first-order valence-electron chi connectivity index (χ1n) is 14.6. The Morgan fingerprint density at radius 3 is 2.11 bits per heavy atom. The van der Waals surface area contributed by atoms with Crippen LogP contribution in [0.15, 0.2) is 109 Å². The molecule has 0 unspecified atom stereocenters. The van der Waals surface area contributed by atoms with Crippen molar-refractivity contribution in [3.05, 3.63) is 126 Å². The SMILES string of the molecule is O=C(O)CCc1ccccc1NC(=O)[C@H](CCCNC(=O)OCc1ccccc1)NC(=O)c1ccc(Oc2ccccc2)cc1. The molecule has 3 amide bonds. The van der Waals surface area contributed by atoms with Crippen LogP contribution in [-0.2, 0) is 27.4 Å². The molecule has 0 aromatic heterocycles. The third kappa shape index (κ3) is 10.9. The van der Waals surface area contributed by atoms with Crippen LogP contribution >= 0.6 is 0 Å². The van der Waals surface area contributed by atoms with Gasteiger partial charge >= 0.3 is 12.1 Å². The molecule has 0 saturated heterocycles. The minimum Gasteiger partial charge on any atom is -0.481 e. The van der Waals surface area contributed by atoms with Crippen LogP contribution in [0.2, 0.25) is 0 Å². The topological polar surface area (TPSA) is 143 Å². The number of benzene rings is 4. The molecule has 10 nitrogen and oxygen atoms in total. The molecule has 10 heteroatoms. The van der Waals surface area contributed by atoms with Crippen LogP contribution in [-0.4, -0.2) is 41.6 Å². The number of carbonyl (C=O) groups excluding carboxylic acids is 3. The second-order valence-electron chi connectivity index (χ2n) is 10.1. The number of carboxylic acids is 1. The fourth-order valence-electron chi connectivity index (χ4n) is 4.40. The molecule has 45 heavy (non-hydrogen) atoms. The lowest BCUT2D eigenvalue weighted by Gasteiger charge is -2.20. The predicted octanol–water partition coefficient (Wildman–Crippen LogP) is 5.94. The summed E-state index contributed by atoms with van der Waals surface area (Å²) >= 11 is 0. The van der Waals surface area contributed by atoms with Crippen molar-refractivity contribution in [2.24, 2.45) is 0 Å². The van der Waals surface area contributed by atoms with Gasteiger partial charge in [-0.1, -0.05) is 66.7 Å². The first-order chi connectivity index (χ1) is 21.9. The largest absolute Gasteiger partial charge is 0.481 e. The first kappa shape index (κ1) is 32.3. The first-order valence-corrected chi connectivity index (χ1v) is 14.6. The smallest absolute Gasteiger partial charge is 0.407 e. The van der Waals surface area contributed by atoms with Crippen LogP contribution in [0.4, 0.5) is 10.5 Å². The van der Waals surface area contributed by atoms with Crippen LogP contribution in [0.25, 0.3) is 0 Å². The summed E-state index contributed by atoms with van der Waals surface area (Å²) in [6.07, 6.45) is 0.124. The lowest BCUT2D eigenvalue weighted by atomic mass is 10.1. The molecule has 1 atom stereocenters. The monoisotopic (exact) mass is 609 g/mol. The van der Waals surface area contributed by atoms with Gasteiger partial charge in [0.15, 0.2) is 0 Å². The standard InChI is InChI=1S/C35H35N3O7/c39-32(40)22-19-26-12-7-8-15-30(26)37-34(42)31(16-9-23-36-35(43)44-24-25-10-3-1-4-11-25)38-33(41)27-17-20-29(21-18-27)45-28-13-5-2-6-14-28/h1-8,10-15,17-18,20-21,31H,9,16,19,22-24H2,(H,36,43)(H,37,42)(H,38,41)(H,39,40)/t31-/m0/s1. The van der Waals surface area contributed by atoms with Gasteiger partial charge in [-0.3, -0.25) is 14.4 Å². The Balaban J connectivity index is 1.38. The Hall–Kier alpha value is -5.64. The third-order valence-electron chi connectivity index (χ3n) is 6.75. The molecule has 0 aliphatic carbocycles. The summed E-state index contributed by atoms with van der Waals surface area (Å²) in [4.78, 5) is 49.9. The quantitative estimate of drug-likeness (QED) is 0.122. The van der Waals surface area contributed by atoms with Crippen LogP contribution in [0.5, 0.6) is 11.5 Å². The summed E-state index contributed by atoms with van der Waals surface area (Å²) in [6, 6.07) is 31.0. The molecular weight excluding hydrogens is 574 g/mol. The summed E-state index contributed by atoms with van der Waals surface area (Å²) in [6.45, 7) is 0.345. The zero-order chi connectivity index (χ0) is 31.9. The maximum Gasteiger partial charge on any atom is 0.407 e. The Morgan fingerprint density at radius 1 is 0.756 bits per heavy atom. The Labute approximate surface area is 261 Å². The van der Waals surface area contributed by atoms with E-state index < -0.39 is 29.9 Å². The van der Waals surface area contributed by atoms with E-state index in [1.165, 1.54) is 0 Å². The molecule has 0 aliphatic heterocycles. The number of aliphatic carboxylic acids is 1. The third-order valence-corrected chi connectivity index (χ3v) is 6.75. The number of ether oxygens (including phenoxy) is 2. The molecule has 4 aromatic rings. The van der Waals surface area contributed by atoms with Gasteiger partial charge in [0.1, 0.15) is 24.1 Å². The minimum absolute atomic E-state index is 0.0942. The molecule has 0 saturated carbocycles. The van der Waals surface area contributed by atoms with Crippen molar-refractivity contribution in [2.75, 3.05) is 11.9 Å². The number of amides is 3. The summed E-state index contributed by atoms with van der Waals surface area (Å²) in [5, 5.41) is 17.4. The lowest BCUT2D eigenvalue weighted by Crippen LogP contribution is -2.44. The van der Waals surface area contributed by atoms with E-state index in [1.807, 2.05) is 60.7 Å². The van der Waals surface area contributed by atoms with Gasteiger partial charge in [0.05, 0.1) is 0 Å². The van der Waals surface area contributed by atoms with E-state index in [0.717, 1.165) is 5.56 Å². The van der Waals surface area contributed by atoms with E-state index >= 15 is 0 Å². The maximum atomic E-state index is 13.4. The fourth-order valence-corrected chi connectivity index (χ4v) is 4.40. The number of hydrogen-bond acceptors (Lipinski definition) is 6. The highest BCUT2D eigenvalue weighted by atomic mass is 16.5. The van der Waals surface area contributed by atoms with Crippen molar-refractivity contribution < 1.29 is 33.8 Å². The number of para-hydroxylation sites is 2.